The molecule has 2 aliphatic heterocycles. The molecule has 1 amide bonds. The number of carbonyl (C=O) groups excluding carboxylic acids is 1. The third kappa shape index (κ3) is 3.74. The zero-order valence-corrected chi connectivity index (χ0v) is 15.7. The van der Waals surface area contributed by atoms with Gasteiger partial charge < -0.3 is 14.7 Å². The van der Waals surface area contributed by atoms with Gasteiger partial charge in [0.25, 0.3) is 0 Å². The second-order valence-corrected chi connectivity index (χ2v) is 8.35. The third-order valence-electron chi connectivity index (χ3n) is 5.40. The van der Waals surface area contributed by atoms with Crippen molar-refractivity contribution in [2.45, 2.75) is 25.8 Å². The Hall–Kier alpha value is -2.26. The Kier molecular flexibility index (Phi) is 4.96. The molecule has 8 nitrogen and oxygen atoms in total. The third-order valence-corrected chi connectivity index (χ3v) is 6.26. The SMILES string of the molecule is O=C(C1CCOC1)N1CCC(Cc2cn(Cc3cccs3)nn2)(C(=O)O)C1. The van der Waals surface area contributed by atoms with Crippen molar-refractivity contribution >= 4 is 23.2 Å². The molecule has 144 valence electrons. The Morgan fingerprint density at radius 1 is 1.44 bits per heavy atom. The number of rotatable bonds is 6. The molecule has 0 aliphatic carbocycles. The van der Waals surface area contributed by atoms with Crippen molar-refractivity contribution in [3.05, 3.63) is 34.3 Å². The maximum Gasteiger partial charge on any atom is 0.311 e. The Labute approximate surface area is 160 Å². The largest absolute Gasteiger partial charge is 0.481 e. The number of nitrogens with zero attached hydrogens (tertiary/aromatic N) is 4. The van der Waals surface area contributed by atoms with E-state index in [0.29, 0.717) is 44.8 Å². The van der Waals surface area contributed by atoms with Gasteiger partial charge in [-0.25, -0.2) is 4.68 Å². The predicted molar refractivity (Wildman–Crippen MR) is 97.3 cm³/mol. The van der Waals surface area contributed by atoms with Crippen molar-refractivity contribution in [1.82, 2.24) is 19.9 Å². The number of ether oxygens (including phenoxy) is 1. The van der Waals surface area contributed by atoms with E-state index < -0.39 is 11.4 Å². The summed E-state index contributed by atoms with van der Waals surface area (Å²) in [5.74, 6) is -1.01. The zero-order valence-electron chi connectivity index (χ0n) is 14.9. The molecule has 2 unspecified atom stereocenters. The molecule has 0 saturated carbocycles. The molecule has 0 spiro atoms. The summed E-state index contributed by atoms with van der Waals surface area (Å²) in [6.45, 7) is 2.34. The van der Waals surface area contributed by atoms with Crippen LogP contribution in [0.4, 0.5) is 0 Å². The quantitative estimate of drug-likeness (QED) is 0.798. The van der Waals surface area contributed by atoms with Gasteiger partial charge in [0.15, 0.2) is 0 Å². The molecule has 4 rings (SSSR count). The van der Waals surface area contributed by atoms with E-state index in [1.807, 2.05) is 17.5 Å². The fraction of sp³-hybridized carbons (Fsp3) is 0.556. The molecule has 2 fully saturated rings. The molecule has 9 heteroatoms. The summed E-state index contributed by atoms with van der Waals surface area (Å²) < 4.78 is 7.02. The molecule has 0 radical (unpaired) electrons. The van der Waals surface area contributed by atoms with Crippen LogP contribution in [0.1, 0.15) is 23.4 Å². The van der Waals surface area contributed by atoms with E-state index in [1.165, 1.54) is 0 Å². The van der Waals surface area contributed by atoms with Crippen LogP contribution < -0.4 is 0 Å². The lowest BCUT2D eigenvalue weighted by atomic mass is 9.82. The number of hydrogen-bond acceptors (Lipinski definition) is 6. The standard InChI is InChI=1S/C18H22N4O4S/c23-16(13-3-6-26-11-13)21-5-4-18(12-21,17(24)25)8-14-9-22(20-19-14)10-15-2-1-7-27-15/h1-2,7,9,13H,3-6,8,10-12H2,(H,24,25). The first kappa shape index (κ1) is 18.1. The molecule has 2 aromatic heterocycles. The Morgan fingerprint density at radius 2 is 2.33 bits per heavy atom. The van der Waals surface area contributed by atoms with Crippen LogP contribution in [0.25, 0.3) is 0 Å². The van der Waals surface area contributed by atoms with E-state index in [9.17, 15) is 14.7 Å². The van der Waals surface area contributed by atoms with Crippen LogP contribution in [0.15, 0.2) is 23.7 Å². The smallest absolute Gasteiger partial charge is 0.311 e. The number of aliphatic carboxylic acids is 1. The monoisotopic (exact) mass is 390 g/mol. The Bertz CT molecular complexity index is 815. The zero-order chi connectivity index (χ0) is 18.9. The van der Waals surface area contributed by atoms with Gasteiger partial charge in [0.1, 0.15) is 0 Å². The highest BCUT2D eigenvalue weighted by Gasteiger charge is 2.47. The van der Waals surface area contributed by atoms with Gasteiger partial charge >= 0.3 is 5.97 Å². The summed E-state index contributed by atoms with van der Waals surface area (Å²) in [5, 5.41) is 20.2. The second kappa shape index (κ2) is 7.40. The molecular weight excluding hydrogens is 368 g/mol. The van der Waals surface area contributed by atoms with Crippen LogP contribution in [0, 0.1) is 11.3 Å². The Morgan fingerprint density at radius 3 is 3.04 bits per heavy atom. The van der Waals surface area contributed by atoms with Crippen molar-refractivity contribution < 1.29 is 19.4 Å². The molecule has 27 heavy (non-hydrogen) atoms. The highest BCUT2D eigenvalue weighted by Crippen LogP contribution is 2.35. The van der Waals surface area contributed by atoms with Gasteiger partial charge in [0.05, 0.1) is 30.2 Å². The molecule has 1 N–H and O–H groups in total. The molecule has 0 aromatic carbocycles. The van der Waals surface area contributed by atoms with E-state index in [2.05, 4.69) is 10.3 Å². The van der Waals surface area contributed by atoms with E-state index >= 15 is 0 Å². The minimum Gasteiger partial charge on any atom is -0.481 e. The van der Waals surface area contributed by atoms with E-state index in [1.54, 1.807) is 27.1 Å². The summed E-state index contributed by atoms with van der Waals surface area (Å²) in [5.41, 5.74) is -0.355. The van der Waals surface area contributed by atoms with E-state index in [-0.39, 0.29) is 24.8 Å². The van der Waals surface area contributed by atoms with Gasteiger partial charge in [0.2, 0.25) is 5.91 Å². The van der Waals surface area contributed by atoms with Crippen molar-refractivity contribution in [1.29, 1.82) is 0 Å². The van der Waals surface area contributed by atoms with Gasteiger partial charge in [-0.2, -0.15) is 0 Å². The fourth-order valence-corrected chi connectivity index (χ4v) is 4.54. The number of carbonyl (C=O) groups is 2. The van der Waals surface area contributed by atoms with Crippen LogP contribution >= 0.6 is 11.3 Å². The van der Waals surface area contributed by atoms with Gasteiger partial charge in [0, 0.05) is 37.2 Å². The normalized spacial score (nSPS) is 25.2. The number of thiophene rings is 1. The fourth-order valence-electron chi connectivity index (χ4n) is 3.85. The highest BCUT2D eigenvalue weighted by atomic mass is 32.1. The van der Waals surface area contributed by atoms with E-state index in [0.717, 1.165) is 4.88 Å². The van der Waals surface area contributed by atoms with Crippen molar-refractivity contribution in [3.63, 3.8) is 0 Å². The number of hydrogen-bond donors (Lipinski definition) is 1. The Balaban J connectivity index is 1.44. The topological polar surface area (TPSA) is 97.5 Å². The van der Waals surface area contributed by atoms with E-state index in [4.69, 9.17) is 4.74 Å². The molecular formula is C18H22N4O4S. The maximum absolute atomic E-state index is 12.6. The van der Waals surface area contributed by atoms with Gasteiger partial charge in [-0.15, -0.1) is 16.4 Å². The average molecular weight is 390 g/mol. The number of carboxylic acids is 1. The lowest BCUT2D eigenvalue weighted by Crippen LogP contribution is -2.40. The molecule has 2 saturated heterocycles. The average Bonchev–Trinajstić information content (AvgIpc) is 3.44. The predicted octanol–water partition coefficient (Wildman–Crippen LogP) is 1.27. The summed E-state index contributed by atoms with van der Waals surface area (Å²) in [6.07, 6.45) is 3.23. The van der Waals surface area contributed by atoms with Crippen LogP contribution in [-0.4, -0.2) is 63.2 Å². The minimum atomic E-state index is -1.00. The first-order chi connectivity index (χ1) is 13.1. The number of aromatic nitrogens is 3. The van der Waals surface area contributed by atoms with Crippen LogP contribution in [0.2, 0.25) is 0 Å². The molecule has 0 bridgehead atoms. The first-order valence-electron chi connectivity index (χ1n) is 9.07. The van der Waals surface area contributed by atoms with Crippen molar-refractivity contribution in [2.75, 3.05) is 26.3 Å². The summed E-state index contributed by atoms with van der Waals surface area (Å²) in [7, 11) is 0. The van der Waals surface area contributed by atoms with Crippen molar-refractivity contribution in [2.24, 2.45) is 11.3 Å². The van der Waals surface area contributed by atoms with Gasteiger partial charge in [-0.1, -0.05) is 11.3 Å². The molecule has 2 aliphatic rings. The lowest BCUT2D eigenvalue weighted by molar-refractivity contribution is -0.148. The van der Waals surface area contributed by atoms with Gasteiger partial charge in [-0.3, -0.25) is 9.59 Å². The molecule has 2 aromatic rings. The van der Waals surface area contributed by atoms with Crippen LogP contribution in [-0.2, 0) is 27.3 Å². The second-order valence-electron chi connectivity index (χ2n) is 7.32. The molecule has 4 heterocycles. The number of carboxylic acid groups (broad SMARTS) is 1. The van der Waals surface area contributed by atoms with Crippen LogP contribution in [0.5, 0.6) is 0 Å². The number of amides is 1. The lowest BCUT2D eigenvalue weighted by Gasteiger charge is -2.25. The summed E-state index contributed by atoms with van der Waals surface area (Å²) in [6, 6.07) is 4.01. The number of likely N-dealkylation sites (tertiary alicyclic amines) is 1. The van der Waals surface area contributed by atoms with Crippen LogP contribution in [0.3, 0.4) is 0 Å². The summed E-state index contributed by atoms with van der Waals surface area (Å²) >= 11 is 1.64. The maximum atomic E-state index is 12.6. The minimum absolute atomic E-state index is 0.0111. The first-order valence-corrected chi connectivity index (χ1v) is 9.95. The summed E-state index contributed by atoms with van der Waals surface area (Å²) in [4.78, 5) is 27.5. The van der Waals surface area contributed by atoms with Crippen molar-refractivity contribution in [3.8, 4) is 0 Å². The highest BCUT2D eigenvalue weighted by molar-refractivity contribution is 7.09. The molecule has 2 atom stereocenters. The van der Waals surface area contributed by atoms with Gasteiger partial charge in [-0.05, 0) is 24.3 Å².